The van der Waals surface area contributed by atoms with Gasteiger partial charge in [0.05, 0.1) is 11.6 Å². The van der Waals surface area contributed by atoms with Gasteiger partial charge < -0.3 is 10.1 Å². The van der Waals surface area contributed by atoms with Gasteiger partial charge in [0, 0.05) is 17.3 Å². The van der Waals surface area contributed by atoms with Crippen molar-refractivity contribution in [2.24, 2.45) is 0 Å². The van der Waals surface area contributed by atoms with Crippen LogP contribution in [-0.2, 0) is 14.3 Å². The lowest BCUT2D eigenvalue weighted by molar-refractivity contribution is -0.149. The van der Waals surface area contributed by atoms with Crippen LogP contribution in [-0.4, -0.2) is 11.9 Å². The third-order valence-electron chi connectivity index (χ3n) is 4.14. The SMILES string of the molecule is N#Cc1ccc(/C=C/C(=O)O[C@@H](C(=O)Nc2ccc(F)cc2)c2ccccc2)cc1. The van der Waals surface area contributed by atoms with Crippen molar-refractivity contribution in [3.8, 4) is 6.07 Å². The van der Waals surface area contributed by atoms with Crippen molar-refractivity contribution in [3.63, 3.8) is 0 Å². The fourth-order valence-electron chi connectivity index (χ4n) is 2.63. The summed E-state index contributed by atoms with van der Waals surface area (Å²) in [6, 6.07) is 22.5. The van der Waals surface area contributed by atoms with Gasteiger partial charge >= 0.3 is 5.97 Å². The highest BCUT2D eigenvalue weighted by atomic mass is 19.1. The Bertz CT molecular complexity index is 1090. The summed E-state index contributed by atoms with van der Waals surface area (Å²) in [5, 5.41) is 11.4. The number of carbonyl (C=O) groups is 2. The number of benzene rings is 3. The number of carbonyl (C=O) groups excluding carboxylic acids is 2. The Labute approximate surface area is 173 Å². The number of ether oxygens (including phenoxy) is 1. The zero-order chi connectivity index (χ0) is 21.3. The first kappa shape index (κ1) is 20.5. The number of halogens is 1. The van der Waals surface area contributed by atoms with Gasteiger partial charge in [0.15, 0.2) is 0 Å². The molecule has 148 valence electrons. The molecular weight excluding hydrogens is 383 g/mol. The monoisotopic (exact) mass is 400 g/mol. The van der Waals surface area contributed by atoms with E-state index in [9.17, 15) is 14.0 Å². The standard InChI is InChI=1S/C24H17FN2O3/c25-20-11-13-21(14-12-20)27-24(29)23(19-4-2-1-3-5-19)30-22(28)15-10-17-6-8-18(16-26)9-7-17/h1-15,23H,(H,27,29)/b15-10+/t23-/m1/s1. The lowest BCUT2D eigenvalue weighted by Crippen LogP contribution is -2.25. The lowest BCUT2D eigenvalue weighted by Gasteiger charge is -2.17. The summed E-state index contributed by atoms with van der Waals surface area (Å²) in [5.74, 6) is -1.69. The Kier molecular flexibility index (Phi) is 6.70. The summed E-state index contributed by atoms with van der Waals surface area (Å²) in [5.41, 5.74) is 2.10. The third-order valence-corrected chi connectivity index (χ3v) is 4.14. The van der Waals surface area contributed by atoms with Gasteiger partial charge in [-0.1, -0.05) is 42.5 Å². The number of hydrogen-bond donors (Lipinski definition) is 1. The number of anilines is 1. The van der Waals surface area contributed by atoms with E-state index in [1.165, 1.54) is 36.4 Å². The summed E-state index contributed by atoms with van der Waals surface area (Å²) in [7, 11) is 0. The fraction of sp³-hybridized carbons (Fsp3) is 0.0417. The normalized spacial score (nSPS) is 11.5. The van der Waals surface area contributed by atoms with Crippen molar-refractivity contribution >= 4 is 23.6 Å². The maximum atomic E-state index is 13.1. The van der Waals surface area contributed by atoms with Gasteiger partial charge in [0.1, 0.15) is 5.82 Å². The molecule has 1 N–H and O–H groups in total. The van der Waals surface area contributed by atoms with Crippen LogP contribution in [0.4, 0.5) is 10.1 Å². The zero-order valence-electron chi connectivity index (χ0n) is 15.8. The number of nitriles is 1. The van der Waals surface area contributed by atoms with Crippen molar-refractivity contribution in [2.45, 2.75) is 6.10 Å². The number of esters is 1. The summed E-state index contributed by atoms with van der Waals surface area (Å²) < 4.78 is 18.5. The van der Waals surface area contributed by atoms with Gasteiger partial charge in [-0.15, -0.1) is 0 Å². The van der Waals surface area contributed by atoms with E-state index in [1.54, 1.807) is 54.6 Å². The van der Waals surface area contributed by atoms with Crippen LogP contribution >= 0.6 is 0 Å². The molecule has 0 bridgehead atoms. The van der Waals surface area contributed by atoms with E-state index in [-0.39, 0.29) is 0 Å². The van der Waals surface area contributed by atoms with Gasteiger partial charge in [0.25, 0.3) is 5.91 Å². The minimum Gasteiger partial charge on any atom is -0.444 e. The van der Waals surface area contributed by atoms with Crippen LogP contribution in [0.3, 0.4) is 0 Å². The van der Waals surface area contributed by atoms with E-state index >= 15 is 0 Å². The molecule has 3 aromatic carbocycles. The molecule has 0 radical (unpaired) electrons. The predicted molar refractivity (Wildman–Crippen MR) is 110 cm³/mol. The van der Waals surface area contributed by atoms with Gasteiger partial charge in [-0.3, -0.25) is 4.79 Å². The quantitative estimate of drug-likeness (QED) is 0.483. The topological polar surface area (TPSA) is 79.2 Å². The molecule has 1 amide bonds. The fourth-order valence-corrected chi connectivity index (χ4v) is 2.63. The van der Waals surface area contributed by atoms with Gasteiger partial charge in [-0.05, 0) is 48.0 Å². The molecule has 0 saturated heterocycles. The number of hydrogen-bond acceptors (Lipinski definition) is 4. The molecule has 3 rings (SSSR count). The van der Waals surface area contributed by atoms with Crippen LogP contribution in [0.15, 0.2) is 84.9 Å². The molecule has 0 heterocycles. The van der Waals surface area contributed by atoms with Crippen LogP contribution in [0.5, 0.6) is 0 Å². The molecule has 0 saturated carbocycles. The Morgan fingerprint density at radius 1 is 0.967 bits per heavy atom. The number of rotatable bonds is 6. The maximum absolute atomic E-state index is 13.1. The summed E-state index contributed by atoms with van der Waals surface area (Å²) in [6.07, 6.45) is 1.56. The predicted octanol–water partition coefficient (Wildman–Crippen LogP) is 4.63. The first-order valence-electron chi connectivity index (χ1n) is 9.05. The van der Waals surface area contributed by atoms with E-state index in [1.807, 2.05) is 6.07 Å². The van der Waals surface area contributed by atoms with Crippen molar-refractivity contribution in [1.29, 1.82) is 5.26 Å². The molecule has 1 atom stereocenters. The van der Waals surface area contributed by atoms with E-state index < -0.39 is 23.8 Å². The van der Waals surface area contributed by atoms with Crippen LogP contribution in [0.2, 0.25) is 0 Å². The summed E-state index contributed by atoms with van der Waals surface area (Å²) in [4.78, 5) is 25.1. The Morgan fingerprint density at radius 3 is 2.27 bits per heavy atom. The Balaban J connectivity index is 1.74. The summed E-state index contributed by atoms with van der Waals surface area (Å²) >= 11 is 0. The molecular formula is C24H17FN2O3. The average Bonchev–Trinajstić information content (AvgIpc) is 2.78. The van der Waals surface area contributed by atoms with Gasteiger partial charge in [-0.25, -0.2) is 9.18 Å². The molecule has 30 heavy (non-hydrogen) atoms. The Hall–Kier alpha value is -4.24. The molecule has 0 aliphatic heterocycles. The number of nitrogens with zero attached hydrogens (tertiary/aromatic N) is 1. The van der Waals surface area contributed by atoms with E-state index in [2.05, 4.69) is 5.32 Å². The van der Waals surface area contributed by atoms with Crippen molar-refractivity contribution < 1.29 is 18.7 Å². The molecule has 3 aromatic rings. The second kappa shape index (κ2) is 9.80. The average molecular weight is 400 g/mol. The highest BCUT2D eigenvalue weighted by Crippen LogP contribution is 2.21. The highest BCUT2D eigenvalue weighted by molar-refractivity contribution is 5.97. The van der Waals surface area contributed by atoms with E-state index in [0.29, 0.717) is 22.4 Å². The van der Waals surface area contributed by atoms with Crippen molar-refractivity contribution in [1.82, 2.24) is 0 Å². The number of nitrogens with one attached hydrogen (secondary N) is 1. The molecule has 0 spiro atoms. The molecule has 5 nitrogen and oxygen atoms in total. The van der Waals surface area contributed by atoms with Gasteiger partial charge in [0.2, 0.25) is 6.10 Å². The third kappa shape index (κ3) is 5.63. The van der Waals surface area contributed by atoms with Crippen LogP contribution < -0.4 is 5.32 Å². The zero-order valence-corrected chi connectivity index (χ0v) is 15.8. The van der Waals surface area contributed by atoms with Crippen molar-refractivity contribution in [3.05, 3.63) is 107 Å². The van der Waals surface area contributed by atoms with Crippen LogP contribution in [0, 0.1) is 17.1 Å². The molecule has 0 aliphatic rings. The van der Waals surface area contributed by atoms with Crippen molar-refractivity contribution in [2.75, 3.05) is 5.32 Å². The second-order valence-electron chi connectivity index (χ2n) is 6.29. The molecule has 0 unspecified atom stereocenters. The minimum atomic E-state index is -1.19. The first-order valence-corrected chi connectivity index (χ1v) is 9.05. The van der Waals surface area contributed by atoms with Gasteiger partial charge in [-0.2, -0.15) is 5.26 Å². The largest absolute Gasteiger partial charge is 0.444 e. The lowest BCUT2D eigenvalue weighted by atomic mass is 10.1. The second-order valence-corrected chi connectivity index (χ2v) is 6.29. The molecule has 6 heteroatoms. The smallest absolute Gasteiger partial charge is 0.331 e. The first-order chi connectivity index (χ1) is 14.5. The number of amides is 1. The van der Waals surface area contributed by atoms with Crippen LogP contribution in [0.25, 0.3) is 6.08 Å². The molecule has 0 aliphatic carbocycles. The van der Waals surface area contributed by atoms with E-state index in [0.717, 1.165) is 0 Å². The summed E-state index contributed by atoms with van der Waals surface area (Å²) in [6.45, 7) is 0. The molecule has 0 aromatic heterocycles. The van der Waals surface area contributed by atoms with E-state index in [4.69, 9.17) is 10.00 Å². The molecule has 0 fully saturated rings. The minimum absolute atomic E-state index is 0.381. The maximum Gasteiger partial charge on any atom is 0.331 e. The van der Waals surface area contributed by atoms with Crippen LogP contribution in [0.1, 0.15) is 22.8 Å². The Morgan fingerprint density at radius 2 is 1.63 bits per heavy atom. The highest BCUT2D eigenvalue weighted by Gasteiger charge is 2.24.